The van der Waals surface area contributed by atoms with Gasteiger partial charge in [0.15, 0.2) is 5.75 Å². The number of hydrogen-bond donors (Lipinski definition) is 0. The van der Waals surface area contributed by atoms with Crippen molar-refractivity contribution in [2.75, 3.05) is 13.2 Å². The molecule has 0 spiro atoms. The Hall–Kier alpha value is -2.14. The molecule has 2 rings (SSSR count). The Kier molecular flexibility index (Phi) is 7.19. The van der Waals surface area contributed by atoms with Gasteiger partial charge in [0.1, 0.15) is 12.6 Å². The number of terminal acetylenes is 1. The molecule has 1 saturated heterocycles. The minimum absolute atomic E-state index is 0.00340. The van der Waals surface area contributed by atoms with Gasteiger partial charge in [-0.2, -0.15) is 0 Å². The molecular weight excluding hydrogens is 413 g/mol. The topological polar surface area (TPSA) is 72.9 Å². The normalized spacial score (nSPS) is 16.4. The molecule has 0 saturated carbocycles. The van der Waals surface area contributed by atoms with Gasteiger partial charge in [0.2, 0.25) is 0 Å². The maximum Gasteiger partial charge on any atom is 0.329 e. The molecule has 1 aromatic rings. The summed E-state index contributed by atoms with van der Waals surface area (Å²) in [5.74, 6) is 1.30. The van der Waals surface area contributed by atoms with E-state index in [0.717, 1.165) is 16.7 Å². The molecule has 1 aliphatic heterocycles. The van der Waals surface area contributed by atoms with Gasteiger partial charge in [0.05, 0.1) is 21.6 Å². The Morgan fingerprint density at radius 3 is 2.56 bits per heavy atom. The van der Waals surface area contributed by atoms with Crippen LogP contribution in [0.3, 0.4) is 0 Å². The quantitative estimate of drug-likeness (QED) is 0.388. The lowest BCUT2D eigenvalue weighted by atomic mass is 10.2. The van der Waals surface area contributed by atoms with Crippen LogP contribution in [0.4, 0.5) is 4.79 Å². The lowest BCUT2D eigenvalue weighted by Crippen LogP contribution is -2.42. The highest BCUT2D eigenvalue weighted by Gasteiger charge is 2.41. The van der Waals surface area contributed by atoms with Crippen LogP contribution in [-0.4, -0.2) is 41.3 Å². The lowest BCUT2D eigenvalue weighted by molar-refractivity contribution is -0.150. The zero-order valence-corrected chi connectivity index (χ0v) is 16.8. The molecule has 1 aliphatic rings. The predicted octanol–water partition coefficient (Wildman–Crippen LogP) is 3.99. The van der Waals surface area contributed by atoms with Crippen molar-refractivity contribution in [1.82, 2.24) is 4.90 Å². The number of amides is 2. The van der Waals surface area contributed by atoms with Gasteiger partial charge in [0.25, 0.3) is 11.1 Å². The van der Waals surface area contributed by atoms with Crippen molar-refractivity contribution in [1.29, 1.82) is 0 Å². The van der Waals surface area contributed by atoms with Crippen LogP contribution in [0.5, 0.6) is 5.75 Å². The fraction of sp³-hybridized carbons (Fsp3) is 0.278. The summed E-state index contributed by atoms with van der Waals surface area (Å²) in [7, 11) is 0. The summed E-state index contributed by atoms with van der Waals surface area (Å²) in [6.45, 7) is 3.23. The summed E-state index contributed by atoms with van der Waals surface area (Å²) in [4.78, 5) is 37.6. The van der Waals surface area contributed by atoms with Crippen molar-refractivity contribution in [3.05, 3.63) is 32.6 Å². The number of carbonyl (C=O) groups is 3. The molecule has 142 valence electrons. The first-order valence-corrected chi connectivity index (χ1v) is 9.36. The highest BCUT2D eigenvalue weighted by Crippen LogP contribution is 2.38. The van der Waals surface area contributed by atoms with E-state index in [1.807, 2.05) is 0 Å². The van der Waals surface area contributed by atoms with Crippen molar-refractivity contribution in [2.45, 2.75) is 19.9 Å². The van der Waals surface area contributed by atoms with Gasteiger partial charge >= 0.3 is 5.97 Å². The van der Waals surface area contributed by atoms with E-state index >= 15 is 0 Å². The SMILES string of the molecule is C#CCOc1c(Cl)cc(/C=C2/SC(=O)N([C@@H](C)C(=O)OCC)C2=O)cc1Cl. The second kappa shape index (κ2) is 9.18. The number of ether oxygens (including phenoxy) is 2. The van der Waals surface area contributed by atoms with E-state index < -0.39 is 23.2 Å². The summed E-state index contributed by atoms with van der Waals surface area (Å²) in [5, 5.41) is -0.135. The van der Waals surface area contributed by atoms with Gasteiger partial charge < -0.3 is 9.47 Å². The first-order valence-electron chi connectivity index (χ1n) is 7.79. The number of hydrogen-bond acceptors (Lipinski definition) is 6. The van der Waals surface area contributed by atoms with Gasteiger partial charge in [-0.3, -0.25) is 14.5 Å². The van der Waals surface area contributed by atoms with Gasteiger partial charge in [-0.05, 0) is 49.4 Å². The molecule has 1 heterocycles. The summed E-state index contributed by atoms with van der Waals surface area (Å²) in [6, 6.07) is 2.04. The predicted molar refractivity (Wildman–Crippen MR) is 105 cm³/mol. The third-order valence-corrected chi connectivity index (χ3v) is 4.90. The lowest BCUT2D eigenvalue weighted by Gasteiger charge is -2.19. The van der Waals surface area contributed by atoms with Gasteiger partial charge in [-0.15, -0.1) is 6.42 Å². The van der Waals surface area contributed by atoms with E-state index in [2.05, 4.69) is 5.92 Å². The van der Waals surface area contributed by atoms with Crippen LogP contribution in [0.25, 0.3) is 6.08 Å². The fourth-order valence-corrected chi connectivity index (χ4v) is 3.77. The minimum Gasteiger partial charge on any atom is -0.478 e. The molecule has 9 heteroatoms. The van der Waals surface area contributed by atoms with E-state index in [0.29, 0.717) is 5.56 Å². The minimum atomic E-state index is -1.02. The first-order chi connectivity index (χ1) is 12.8. The Labute approximate surface area is 170 Å². The van der Waals surface area contributed by atoms with E-state index in [1.165, 1.54) is 25.1 Å². The molecular formula is C18H15Cl2NO5S. The van der Waals surface area contributed by atoms with Crippen LogP contribution in [0.1, 0.15) is 19.4 Å². The van der Waals surface area contributed by atoms with E-state index in [4.69, 9.17) is 39.1 Å². The van der Waals surface area contributed by atoms with E-state index in [-0.39, 0.29) is 33.9 Å². The number of nitrogens with zero attached hydrogens (tertiary/aromatic N) is 1. The van der Waals surface area contributed by atoms with Crippen LogP contribution >= 0.6 is 35.0 Å². The standard InChI is InChI=1S/C18H15Cl2NO5S/c1-4-6-26-15-12(19)7-11(8-13(15)20)9-14-16(22)21(18(24)27-14)10(3)17(23)25-5-2/h1,7-10H,5-6H2,2-3H3/b14-9+/t10-/m0/s1. The molecule has 0 aliphatic carbocycles. The Morgan fingerprint density at radius 2 is 2.00 bits per heavy atom. The molecule has 1 atom stereocenters. The molecule has 0 aromatic heterocycles. The molecule has 0 N–H and O–H groups in total. The second-order valence-corrected chi connectivity index (χ2v) is 7.09. The average molecular weight is 428 g/mol. The zero-order chi connectivity index (χ0) is 20.1. The van der Waals surface area contributed by atoms with Crippen molar-refractivity contribution >= 4 is 58.2 Å². The molecule has 1 fully saturated rings. The molecule has 0 radical (unpaired) electrons. The van der Waals surface area contributed by atoms with Crippen LogP contribution in [0.15, 0.2) is 17.0 Å². The number of imide groups is 1. The van der Waals surface area contributed by atoms with Crippen molar-refractivity contribution in [3.63, 3.8) is 0 Å². The van der Waals surface area contributed by atoms with E-state index in [1.54, 1.807) is 6.92 Å². The van der Waals surface area contributed by atoms with Crippen LogP contribution < -0.4 is 4.74 Å². The second-order valence-electron chi connectivity index (χ2n) is 5.29. The van der Waals surface area contributed by atoms with Gasteiger partial charge in [-0.1, -0.05) is 29.1 Å². The smallest absolute Gasteiger partial charge is 0.329 e. The molecule has 6 nitrogen and oxygen atoms in total. The van der Waals surface area contributed by atoms with Crippen LogP contribution in [0, 0.1) is 12.3 Å². The van der Waals surface area contributed by atoms with Crippen molar-refractivity contribution in [2.24, 2.45) is 0 Å². The summed E-state index contributed by atoms with van der Waals surface area (Å²) >= 11 is 13.0. The maximum atomic E-state index is 12.5. The molecule has 1 aromatic carbocycles. The van der Waals surface area contributed by atoms with Crippen LogP contribution in [-0.2, 0) is 14.3 Å². The average Bonchev–Trinajstić information content (AvgIpc) is 2.87. The number of esters is 1. The van der Waals surface area contributed by atoms with E-state index in [9.17, 15) is 14.4 Å². The third-order valence-electron chi connectivity index (χ3n) is 3.46. The van der Waals surface area contributed by atoms with Gasteiger partial charge in [-0.25, -0.2) is 4.79 Å². The monoisotopic (exact) mass is 427 g/mol. The molecule has 0 unspecified atom stereocenters. The molecule has 0 bridgehead atoms. The summed E-state index contributed by atoms with van der Waals surface area (Å²) in [5.41, 5.74) is 0.493. The zero-order valence-electron chi connectivity index (χ0n) is 14.5. The van der Waals surface area contributed by atoms with Crippen LogP contribution in [0.2, 0.25) is 10.0 Å². The Balaban J connectivity index is 2.28. The molecule has 2 amide bonds. The number of benzene rings is 1. The number of halogens is 2. The number of carbonyl (C=O) groups excluding carboxylic acids is 3. The molecule has 27 heavy (non-hydrogen) atoms. The van der Waals surface area contributed by atoms with Crippen molar-refractivity contribution < 1.29 is 23.9 Å². The number of thioether (sulfide) groups is 1. The number of rotatable bonds is 6. The fourth-order valence-electron chi connectivity index (χ4n) is 2.25. The summed E-state index contributed by atoms with van der Waals surface area (Å²) in [6.07, 6.45) is 6.60. The Bertz CT molecular complexity index is 839. The Morgan fingerprint density at radius 1 is 1.37 bits per heavy atom. The highest BCUT2D eigenvalue weighted by molar-refractivity contribution is 8.18. The largest absolute Gasteiger partial charge is 0.478 e. The maximum absolute atomic E-state index is 12.5. The third kappa shape index (κ3) is 4.78. The van der Waals surface area contributed by atoms with Crippen molar-refractivity contribution in [3.8, 4) is 18.1 Å². The highest BCUT2D eigenvalue weighted by atomic mass is 35.5. The van der Waals surface area contributed by atoms with Gasteiger partial charge in [0, 0.05) is 0 Å². The first kappa shape index (κ1) is 21.2. The summed E-state index contributed by atoms with van der Waals surface area (Å²) < 4.78 is 10.1.